The molecule has 0 spiro atoms. The van der Waals surface area contributed by atoms with Gasteiger partial charge in [-0.25, -0.2) is 9.18 Å². The van der Waals surface area contributed by atoms with Crippen molar-refractivity contribution >= 4 is 28.5 Å². The van der Waals surface area contributed by atoms with Crippen LogP contribution in [0.4, 0.5) is 4.39 Å². The summed E-state index contributed by atoms with van der Waals surface area (Å²) in [5.41, 5.74) is 1.12. The zero-order chi connectivity index (χ0) is 18.0. The third-order valence-electron chi connectivity index (χ3n) is 5.33. The van der Waals surface area contributed by atoms with Crippen LogP contribution < -0.4 is 0 Å². The maximum Gasteiger partial charge on any atom is 0.340 e. The second-order valence-electron chi connectivity index (χ2n) is 6.68. The molecule has 3 saturated heterocycles. The number of ether oxygens (including phenoxy) is 1. The van der Waals surface area contributed by atoms with Crippen molar-refractivity contribution in [2.24, 2.45) is 5.41 Å². The Bertz CT molecular complexity index is 752. The molecule has 0 saturated carbocycles. The van der Waals surface area contributed by atoms with Crippen molar-refractivity contribution in [1.29, 1.82) is 0 Å². The molecule has 1 aromatic carbocycles. The lowest BCUT2D eigenvalue weighted by atomic mass is 9.73. The highest BCUT2D eigenvalue weighted by molar-refractivity contribution is 6.31. The van der Waals surface area contributed by atoms with E-state index in [2.05, 4.69) is 9.88 Å². The first-order valence-corrected chi connectivity index (χ1v) is 9.30. The summed E-state index contributed by atoms with van der Waals surface area (Å²) in [6.45, 7) is 7.72. The maximum absolute atomic E-state index is 13.7. The number of aromatic amines is 1. The van der Waals surface area contributed by atoms with Crippen LogP contribution in [0.5, 0.6) is 0 Å². The van der Waals surface area contributed by atoms with Gasteiger partial charge >= 0.3 is 5.97 Å². The van der Waals surface area contributed by atoms with E-state index < -0.39 is 11.8 Å². The minimum atomic E-state index is -0.536. The van der Waals surface area contributed by atoms with Crippen molar-refractivity contribution in [3.63, 3.8) is 0 Å². The zero-order valence-corrected chi connectivity index (χ0v) is 15.5. The molecule has 1 aromatic heterocycles. The smallest absolute Gasteiger partial charge is 0.340 e. The number of fused-ring (bicyclic) bond motifs is 4. The summed E-state index contributed by atoms with van der Waals surface area (Å²) < 4.78 is 19.3. The zero-order valence-electron chi connectivity index (χ0n) is 14.7. The van der Waals surface area contributed by atoms with Gasteiger partial charge in [0.1, 0.15) is 5.82 Å². The monoisotopic (exact) mass is 366 g/mol. The van der Waals surface area contributed by atoms with E-state index >= 15 is 0 Å². The standard InChI is InChI=1S/C17H18ClFN2O2.C2H6/c18-13-8-15-11(7-14(13)19)12(9-20-15)16(22)23-10-17-1-4-21(5-2-17)6-3-17;1-2/h7-9,20H,1-6,10H2;1-2H3. The normalized spacial score (nSPS) is 24.7. The van der Waals surface area contributed by atoms with Gasteiger partial charge in [-0.1, -0.05) is 25.4 Å². The van der Waals surface area contributed by atoms with E-state index in [1.807, 2.05) is 13.8 Å². The number of halogens is 2. The van der Waals surface area contributed by atoms with Gasteiger partial charge < -0.3 is 14.6 Å². The van der Waals surface area contributed by atoms with Crippen LogP contribution in [0, 0.1) is 11.2 Å². The van der Waals surface area contributed by atoms with Gasteiger partial charge in [0.15, 0.2) is 0 Å². The SMILES string of the molecule is CC.O=C(OCC12CCN(CC1)CC2)c1c[nH]c2cc(Cl)c(F)cc12. The molecule has 2 aromatic rings. The number of hydrogen-bond donors (Lipinski definition) is 1. The lowest BCUT2D eigenvalue weighted by molar-refractivity contribution is -0.0304. The molecule has 6 heteroatoms. The second kappa shape index (κ2) is 7.34. The van der Waals surface area contributed by atoms with Crippen LogP contribution in [0.15, 0.2) is 18.3 Å². The number of H-pyrrole nitrogens is 1. The molecule has 0 amide bonds. The van der Waals surface area contributed by atoms with E-state index in [4.69, 9.17) is 16.3 Å². The fraction of sp³-hybridized carbons (Fsp3) is 0.526. The molecule has 0 radical (unpaired) electrons. The minimum absolute atomic E-state index is 0.0344. The van der Waals surface area contributed by atoms with Crippen molar-refractivity contribution in [3.8, 4) is 0 Å². The Kier molecular flexibility index (Phi) is 5.35. The summed E-state index contributed by atoms with van der Waals surface area (Å²) in [4.78, 5) is 17.8. The Morgan fingerprint density at radius 3 is 2.56 bits per heavy atom. The van der Waals surface area contributed by atoms with Gasteiger partial charge in [-0.05, 0) is 51.0 Å². The minimum Gasteiger partial charge on any atom is -0.461 e. The molecule has 2 bridgehead atoms. The number of hydrogen-bond acceptors (Lipinski definition) is 3. The summed E-state index contributed by atoms with van der Waals surface area (Å²) in [5, 5.41) is 0.542. The highest BCUT2D eigenvalue weighted by atomic mass is 35.5. The second-order valence-corrected chi connectivity index (χ2v) is 7.09. The predicted molar refractivity (Wildman–Crippen MR) is 97.6 cm³/mol. The van der Waals surface area contributed by atoms with Crippen molar-refractivity contribution < 1.29 is 13.9 Å². The molecular weight excluding hydrogens is 343 g/mol. The molecule has 136 valence electrons. The molecular formula is C19H24ClFN2O2. The average Bonchev–Trinajstić information content (AvgIpc) is 3.06. The molecule has 3 fully saturated rings. The Hall–Kier alpha value is -1.59. The van der Waals surface area contributed by atoms with E-state index in [9.17, 15) is 9.18 Å². The highest BCUT2D eigenvalue weighted by Gasteiger charge is 2.40. The molecule has 4 nitrogen and oxygen atoms in total. The van der Waals surface area contributed by atoms with Gasteiger partial charge in [-0.15, -0.1) is 0 Å². The first kappa shape index (κ1) is 18.2. The maximum atomic E-state index is 13.7. The van der Waals surface area contributed by atoms with Gasteiger partial charge in [-0.2, -0.15) is 0 Å². The van der Waals surface area contributed by atoms with Crippen molar-refractivity contribution in [3.05, 3.63) is 34.7 Å². The van der Waals surface area contributed by atoms with E-state index in [-0.39, 0.29) is 10.4 Å². The molecule has 0 aliphatic carbocycles. The Labute approximate surface area is 152 Å². The highest BCUT2D eigenvalue weighted by Crippen LogP contribution is 2.40. The summed E-state index contributed by atoms with van der Waals surface area (Å²) >= 11 is 5.77. The van der Waals surface area contributed by atoms with Gasteiger partial charge in [0.25, 0.3) is 0 Å². The number of nitrogens with one attached hydrogen (secondary N) is 1. The molecule has 1 N–H and O–H groups in total. The largest absolute Gasteiger partial charge is 0.461 e. The summed E-state index contributed by atoms with van der Waals surface area (Å²) in [5.74, 6) is -0.939. The van der Waals surface area contributed by atoms with Crippen molar-refractivity contribution in [1.82, 2.24) is 9.88 Å². The number of rotatable bonds is 3. The Morgan fingerprint density at radius 1 is 1.28 bits per heavy atom. The fourth-order valence-electron chi connectivity index (χ4n) is 3.69. The molecule has 3 aliphatic heterocycles. The molecule has 0 unspecified atom stereocenters. The van der Waals surface area contributed by atoms with Gasteiger partial charge in [0.2, 0.25) is 0 Å². The van der Waals surface area contributed by atoms with Crippen LogP contribution in [0.2, 0.25) is 5.02 Å². The third kappa shape index (κ3) is 3.53. The van der Waals surface area contributed by atoms with E-state index in [0.717, 1.165) is 38.9 Å². The molecule has 4 heterocycles. The van der Waals surface area contributed by atoms with Gasteiger partial charge in [-0.3, -0.25) is 0 Å². The Balaban J connectivity index is 0.000000880. The average molecular weight is 367 g/mol. The van der Waals surface area contributed by atoms with Crippen LogP contribution in [-0.2, 0) is 4.74 Å². The molecule has 5 rings (SSSR count). The first-order chi connectivity index (χ1) is 12.1. The number of esters is 1. The van der Waals surface area contributed by atoms with Crippen LogP contribution >= 0.6 is 11.6 Å². The Morgan fingerprint density at radius 2 is 1.92 bits per heavy atom. The van der Waals surface area contributed by atoms with E-state index in [1.54, 1.807) is 6.20 Å². The third-order valence-corrected chi connectivity index (χ3v) is 5.62. The quantitative estimate of drug-likeness (QED) is 0.805. The first-order valence-electron chi connectivity index (χ1n) is 8.92. The number of carbonyl (C=O) groups is 1. The molecule has 3 aliphatic rings. The fourth-order valence-corrected chi connectivity index (χ4v) is 3.86. The van der Waals surface area contributed by atoms with Crippen molar-refractivity contribution in [2.45, 2.75) is 33.1 Å². The van der Waals surface area contributed by atoms with Crippen LogP contribution in [0.3, 0.4) is 0 Å². The number of aromatic nitrogens is 1. The summed E-state index contributed by atoms with van der Waals surface area (Å²) in [7, 11) is 0. The van der Waals surface area contributed by atoms with E-state index in [1.165, 1.54) is 12.1 Å². The lowest BCUT2D eigenvalue weighted by Gasteiger charge is -2.47. The molecule has 25 heavy (non-hydrogen) atoms. The number of carbonyl (C=O) groups excluding carboxylic acids is 1. The van der Waals surface area contributed by atoms with E-state index in [0.29, 0.717) is 23.1 Å². The predicted octanol–water partition coefficient (Wildman–Crippen LogP) is 4.63. The topological polar surface area (TPSA) is 45.3 Å². The molecule has 0 atom stereocenters. The number of piperidine rings is 3. The number of nitrogens with zero attached hydrogens (tertiary/aromatic N) is 1. The lowest BCUT2D eigenvalue weighted by Crippen LogP contribution is -2.50. The van der Waals surface area contributed by atoms with Crippen molar-refractivity contribution in [2.75, 3.05) is 26.2 Å². The van der Waals surface area contributed by atoms with Crippen LogP contribution in [0.1, 0.15) is 43.5 Å². The van der Waals surface area contributed by atoms with Crippen LogP contribution in [-0.4, -0.2) is 42.1 Å². The summed E-state index contributed by atoms with van der Waals surface area (Å²) in [6, 6.07) is 2.76. The van der Waals surface area contributed by atoms with Gasteiger partial charge in [0, 0.05) is 22.5 Å². The van der Waals surface area contributed by atoms with Crippen LogP contribution in [0.25, 0.3) is 10.9 Å². The number of benzene rings is 1. The summed E-state index contributed by atoms with van der Waals surface area (Å²) in [6.07, 6.45) is 4.80. The van der Waals surface area contributed by atoms with Gasteiger partial charge in [0.05, 0.1) is 17.2 Å².